The fraction of sp³-hybridized carbons (Fsp3) is 0.250. The van der Waals surface area contributed by atoms with Gasteiger partial charge >= 0.3 is 0 Å². The van der Waals surface area contributed by atoms with Gasteiger partial charge in [0.25, 0.3) is 10.0 Å². The second-order valence-corrected chi connectivity index (χ2v) is 9.05. The molecule has 1 N–H and O–H groups in total. The highest BCUT2D eigenvalue weighted by Crippen LogP contribution is 2.31. The zero-order valence-corrected chi connectivity index (χ0v) is 17.5. The molecule has 2 aliphatic heterocycles. The molecule has 3 aromatic rings. The molecule has 31 heavy (non-hydrogen) atoms. The summed E-state index contributed by atoms with van der Waals surface area (Å²) < 4.78 is 30.4. The van der Waals surface area contributed by atoms with Gasteiger partial charge in [0, 0.05) is 17.8 Å². The second-order valence-electron chi connectivity index (χ2n) is 7.48. The van der Waals surface area contributed by atoms with Gasteiger partial charge in [0.15, 0.2) is 5.84 Å². The van der Waals surface area contributed by atoms with E-state index in [0.29, 0.717) is 30.1 Å². The number of aromatic nitrogens is 4. The van der Waals surface area contributed by atoms with Crippen LogP contribution < -0.4 is 5.32 Å². The molecule has 0 unspecified atom stereocenters. The molecule has 1 saturated heterocycles. The van der Waals surface area contributed by atoms with Crippen molar-refractivity contribution >= 4 is 27.5 Å². The minimum absolute atomic E-state index is 0.181. The third-order valence-corrected chi connectivity index (χ3v) is 6.84. The lowest BCUT2D eigenvalue weighted by Gasteiger charge is -2.25. The number of anilines is 1. The van der Waals surface area contributed by atoms with Crippen LogP contribution >= 0.6 is 0 Å². The van der Waals surface area contributed by atoms with Crippen molar-refractivity contribution in [1.82, 2.24) is 25.1 Å². The number of hydrogen-bond donors (Lipinski definition) is 1. The minimum atomic E-state index is -3.74. The number of rotatable bonds is 3. The van der Waals surface area contributed by atoms with Crippen LogP contribution in [0.15, 0.2) is 58.1 Å². The van der Waals surface area contributed by atoms with Crippen LogP contribution in [0.4, 0.5) is 5.69 Å². The van der Waals surface area contributed by atoms with Gasteiger partial charge in [-0.1, -0.05) is 18.2 Å². The van der Waals surface area contributed by atoms with Crippen LogP contribution in [0.1, 0.15) is 24.0 Å². The first-order valence-corrected chi connectivity index (χ1v) is 11.2. The summed E-state index contributed by atoms with van der Waals surface area (Å²) in [5.74, 6) is 0.125. The van der Waals surface area contributed by atoms with Crippen LogP contribution in [0.3, 0.4) is 0 Å². The van der Waals surface area contributed by atoms with Crippen molar-refractivity contribution in [2.75, 3.05) is 11.9 Å². The predicted octanol–water partition coefficient (Wildman–Crippen LogP) is 1.52. The van der Waals surface area contributed by atoms with E-state index in [1.54, 1.807) is 35.2 Å². The van der Waals surface area contributed by atoms with E-state index in [1.807, 2.05) is 19.1 Å². The number of nitrogens with one attached hydrogen (secondary N) is 1. The van der Waals surface area contributed by atoms with Gasteiger partial charge in [0.2, 0.25) is 5.91 Å². The SMILES string of the molecule is Cc1ccc(NC(=O)[C@@H]2CCCN2C2=NS(=O)(=O)c3ccccc32)cc1-n1cnnn1. The number of likely N-dealkylation sites (tertiary alicyclic amines) is 1. The summed E-state index contributed by atoms with van der Waals surface area (Å²) in [6.07, 6.45) is 2.87. The largest absolute Gasteiger partial charge is 0.343 e. The third kappa shape index (κ3) is 3.36. The number of hydrogen-bond acceptors (Lipinski definition) is 7. The molecule has 0 radical (unpaired) electrons. The third-order valence-electron chi connectivity index (χ3n) is 5.51. The Morgan fingerprint density at radius 1 is 1.19 bits per heavy atom. The van der Waals surface area contributed by atoms with Crippen molar-refractivity contribution in [3.05, 3.63) is 59.9 Å². The molecule has 0 spiro atoms. The number of tetrazole rings is 1. The monoisotopic (exact) mass is 437 g/mol. The molecule has 2 aliphatic rings. The Morgan fingerprint density at radius 3 is 2.84 bits per heavy atom. The minimum Gasteiger partial charge on any atom is -0.343 e. The summed E-state index contributed by atoms with van der Waals surface area (Å²) in [5.41, 5.74) is 2.86. The maximum absolute atomic E-state index is 13.1. The number of sulfonamides is 1. The molecule has 1 aromatic heterocycles. The molecule has 3 heterocycles. The Labute approximate surface area is 178 Å². The van der Waals surface area contributed by atoms with Gasteiger partial charge < -0.3 is 10.2 Å². The fourth-order valence-corrected chi connectivity index (χ4v) is 5.24. The summed E-state index contributed by atoms with van der Waals surface area (Å²) in [6.45, 7) is 2.49. The van der Waals surface area contributed by atoms with Crippen molar-refractivity contribution in [2.45, 2.75) is 30.7 Å². The van der Waals surface area contributed by atoms with Crippen LogP contribution in [0.5, 0.6) is 0 Å². The van der Waals surface area contributed by atoms with Crippen LogP contribution in [-0.2, 0) is 14.8 Å². The number of amides is 1. The molecule has 0 saturated carbocycles. The number of benzene rings is 2. The molecule has 158 valence electrons. The van der Waals surface area contributed by atoms with E-state index in [2.05, 4.69) is 25.2 Å². The van der Waals surface area contributed by atoms with Crippen LogP contribution in [0.2, 0.25) is 0 Å². The molecule has 1 amide bonds. The van der Waals surface area contributed by atoms with Gasteiger partial charge in [-0.15, -0.1) is 9.50 Å². The molecule has 0 bridgehead atoms. The number of fused-ring (bicyclic) bond motifs is 1. The Hall–Kier alpha value is -3.60. The maximum Gasteiger partial charge on any atom is 0.285 e. The lowest BCUT2D eigenvalue weighted by atomic mass is 10.1. The summed E-state index contributed by atoms with van der Waals surface area (Å²) in [6, 6.07) is 11.7. The van der Waals surface area contributed by atoms with Crippen molar-refractivity contribution in [3.63, 3.8) is 0 Å². The number of amidine groups is 1. The highest BCUT2D eigenvalue weighted by molar-refractivity contribution is 7.90. The quantitative estimate of drug-likeness (QED) is 0.659. The van der Waals surface area contributed by atoms with Gasteiger partial charge in [-0.2, -0.15) is 8.42 Å². The van der Waals surface area contributed by atoms with Gasteiger partial charge in [-0.05, 0) is 60.0 Å². The normalized spacial score (nSPS) is 19.2. The predicted molar refractivity (Wildman–Crippen MR) is 112 cm³/mol. The van der Waals surface area contributed by atoms with E-state index in [1.165, 1.54) is 11.0 Å². The molecule has 11 heteroatoms. The van der Waals surface area contributed by atoms with E-state index in [4.69, 9.17) is 0 Å². The highest BCUT2D eigenvalue weighted by Gasteiger charge is 2.39. The topological polar surface area (TPSA) is 122 Å². The number of aryl methyl sites for hydroxylation is 1. The lowest BCUT2D eigenvalue weighted by molar-refractivity contribution is -0.119. The van der Waals surface area contributed by atoms with E-state index in [9.17, 15) is 13.2 Å². The van der Waals surface area contributed by atoms with Crippen molar-refractivity contribution in [2.24, 2.45) is 4.40 Å². The molecular weight excluding hydrogens is 418 g/mol. The molecule has 5 rings (SSSR count). The Balaban J connectivity index is 1.41. The smallest absolute Gasteiger partial charge is 0.285 e. The first-order chi connectivity index (χ1) is 14.9. The second kappa shape index (κ2) is 7.27. The number of nitrogens with zero attached hydrogens (tertiary/aromatic N) is 6. The highest BCUT2D eigenvalue weighted by atomic mass is 32.2. The first kappa shape index (κ1) is 19.4. The van der Waals surface area contributed by atoms with Crippen LogP contribution in [0.25, 0.3) is 5.69 Å². The average Bonchev–Trinajstić information content (AvgIpc) is 3.49. The molecule has 1 atom stereocenters. The van der Waals surface area contributed by atoms with E-state index in [-0.39, 0.29) is 10.8 Å². The summed E-state index contributed by atoms with van der Waals surface area (Å²) >= 11 is 0. The molecule has 0 aliphatic carbocycles. The van der Waals surface area contributed by atoms with Crippen molar-refractivity contribution in [1.29, 1.82) is 0 Å². The van der Waals surface area contributed by atoms with Gasteiger partial charge in [0.05, 0.1) is 5.69 Å². The molecular formula is C20H19N7O3S. The van der Waals surface area contributed by atoms with E-state index in [0.717, 1.165) is 17.7 Å². The average molecular weight is 437 g/mol. The Kier molecular flexibility index (Phi) is 4.54. The van der Waals surface area contributed by atoms with Crippen molar-refractivity contribution in [3.8, 4) is 5.69 Å². The summed E-state index contributed by atoms with van der Waals surface area (Å²) in [4.78, 5) is 15.1. The summed E-state index contributed by atoms with van der Waals surface area (Å²) in [5, 5.41) is 14.2. The Bertz CT molecular complexity index is 1300. The zero-order valence-electron chi connectivity index (χ0n) is 16.6. The maximum atomic E-state index is 13.1. The van der Waals surface area contributed by atoms with E-state index >= 15 is 0 Å². The van der Waals surface area contributed by atoms with E-state index < -0.39 is 16.1 Å². The van der Waals surface area contributed by atoms with Crippen LogP contribution in [0, 0.1) is 6.92 Å². The first-order valence-electron chi connectivity index (χ1n) is 9.80. The molecule has 10 nitrogen and oxygen atoms in total. The molecule has 2 aromatic carbocycles. The Morgan fingerprint density at radius 2 is 2.03 bits per heavy atom. The van der Waals surface area contributed by atoms with Crippen LogP contribution in [-0.4, -0.2) is 57.9 Å². The van der Waals surface area contributed by atoms with Crippen molar-refractivity contribution < 1.29 is 13.2 Å². The number of carbonyl (C=O) groups excluding carboxylic acids is 1. The lowest BCUT2D eigenvalue weighted by Crippen LogP contribution is -2.43. The zero-order chi connectivity index (χ0) is 21.6. The fourth-order valence-electron chi connectivity index (χ4n) is 4.02. The molecule has 1 fully saturated rings. The van der Waals surface area contributed by atoms with Gasteiger partial charge in [0.1, 0.15) is 17.3 Å². The summed E-state index contributed by atoms with van der Waals surface area (Å²) in [7, 11) is -3.74. The van der Waals surface area contributed by atoms with Gasteiger partial charge in [-0.3, -0.25) is 4.79 Å². The van der Waals surface area contributed by atoms with Gasteiger partial charge in [-0.25, -0.2) is 4.68 Å². The standard InChI is InChI=1S/C20H19N7O3S/c1-13-8-9-14(11-17(13)27-12-21-24-25-27)22-20(28)16-6-4-10-26(16)19-15-5-2-3-7-18(15)31(29,30)23-19/h2-3,5,7-9,11-12,16H,4,6,10H2,1H3,(H,22,28)/t16-/m0/s1. The number of carbonyl (C=O) groups is 1.